The lowest BCUT2D eigenvalue weighted by molar-refractivity contribution is 0.245. The number of nitrogens with zero attached hydrogens (tertiary/aromatic N) is 1. The summed E-state index contributed by atoms with van der Waals surface area (Å²) in [6.07, 6.45) is 6.52. The number of amides is 2. The molecule has 1 aliphatic rings. The van der Waals surface area contributed by atoms with Gasteiger partial charge in [-0.25, -0.2) is 4.79 Å². The van der Waals surface area contributed by atoms with Gasteiger partial charge in [0.25, 0.3) is 0 Å². The largest absolute Gasteiger partial charge is 0.338 e. The van der Waals surface area contributed by atoms with Crippen LogP contribution in [-0.4, -0.2) is 12.6 Å². The number of rotatable bonds is 6. The van der Waals surface area contributed by atoms with Gasteiger partial charge in [0, 0.05) is 18.2 Å². The molecule has 4 heteroatoms. The van der Waals surface area contributed by atoms with Crippen LogP contribution in [0.15, 0.2) is 30.9 Å². The summed E-state index contributed by atoms with van der Waals surface area (Å²) in [6.45, 7) is 8.74. The molecular formula is C21H29N3O. The minimum absolute atomic E-state index is 0.152. The van der Waals surface area contributed by atoms with E-state index < -0.39 is 0 Å². The van der Waals surface area contributed by atoms with Crippen molar-refractivity contribution in [3.63, 3.8) is 0 Å². The van der Waals surface area contributed by atoms with Gasteiger partial charge < -0.3 is 10.6 Å². The highest BCUT2D eigenvalue weighted by atomic mass is 16.2. The van der Waals surface area contributed by atoms with Crippen molar-refractivity contribution >= 4 is 11.7 Å². The van der Waals surface area contributed by atoms with Crippen LogP contribution in [0, 0.1) is 23.2 Å². The van der Waals surface area contributed by atoms with E-state index in [9.17, 15) is 4.79 Å². The van der Waals surface area contributed by atoms with Crippen molar-refractivity contribution in [1.82, 2.24) is 5.32 Å². The summed E-state index contributed by atoms with van der Waals surface area (Å²) in [5, 5.41) is 15.0. The summed E-state index contributed by atoms with van der Waals surface area (Å²) < 4.78 is 0. The second kappa shape index (κ2) is 9.27. The fraction of sp³-hybridized carbons (Fsp3) is 0.524. The van der Waals surface area contributed by atoms with Gasteiger partial charge in [-0.05, 0) is 55.1 Å². The maximum Gasteiger partial charge on any atom is 0.319 e. The van der Waals surface area contributed by atoms with E-state index in [1.54, 1.807) is 0 Å². The van der Waals surface area contributed by atoms with Gasteiger partial charge in [0.15, 0.2) is 0 Å². The Hall–Kier alpha value is -2.28. The molecular weight excluding hydrogens is 310 g/mol. The van der Waals surface area contributed by atoms with Gasteiger partial charge in [-0.1, -0.05) is 38.1 Å². The van der Waals surface area contributed by atoms with Crippen LogP contribution < -0.4 is 10.6 Å². The molecule has 2 N–H and O–H groups in total. The minimum atomic E-state index is -0.152. The zero-order valence-electron chi connectivity index (χ0n) is 15.3. The number of urea groups is 1. The quantitative estimate of drug-likeness (QED) is 0.717. The molecule has 1 aromatic carbocycles. The Balaban J connectivity index is 1.96. The van der Waals surface area contributed by atoms with Gasteiger partial charge >= 0.3 is 6.03 Å². The summed E-state index contributed by atoms with van der Waals surface area (Å²) in [7, 11) is 0. The van der Waals surface area contributed by atoms with Crippen LogP contribution in [0.25, 0.3) is 0 Å². The molecule has 0 spiro atoms. The zero-order valence-corrected chi connectivity index (χ0v) is 15.3. The van der Waals surface area contributed by atoms with E-state index in [0.717, 1.165) is 48.9 Å². The summed E-state index contributed by atoms with van der Waals surface area (Å²) in [6, 6.07) is 8.33. The predicted molar refractivity (Wildman–Crippen MR) is 103 cm³/mol. The van der Waals surface area contributed by atoms with Crippen molar-refractivity contribution in [3.05, 3.63) is 42.0 Å². The van der Waals surface area contributed by atoms with E-state index in [1.807, 2.05) is 18.2 Å². The van der Waals surface area contributed by atoms with Gasteiger partial charge in [0.1, 0.15) is 0 Å². The predicted octanol–water partition coefficient (Wildman–Crippen LogP) is 4.99. The lowest BCUT2D eigenvalue weighted by atomic mass is 9.83. The Kier molecular flexibility index (Phi) is 7.06. The standard InChI is InChI=1S/C21H29N3O/c1-4-6-18-7-5-8-19(15(2)3)20(18)24-21(25)23-14-17-11-9-16(13-22)10-12-17/h4-5,7-8,15-17H,1,6,9-12,14H2,2-3H3,(H2,23,24,25). The van der Waals surface area contributed by atoms with Crippen LogP contribution in [0.5, 0.6) is 0 Å². The van der Waals surface area contributed by atoms with Crippen LogP contribution in [0.2, 0.25) is 0 Å². The van der Waals surface area contributed by atoms with Crippen LogP contribution >= 0.6 is 0 Å². The molecule has 134 valence electrons. The summed E-state index contributed by atoms with van der Waals surface area (Å²) in [5.41, 5.74) is 3.14. The molecule has 1 fully saturated rings. The molecule has 1 saturated carbocycles. The van der Waals surface area contributed by atoms with Gasteiger partial charge in [0.2, 0.25) is 0 Å². The van der Waals surface area contributed by atoms with Crippen molar-refractivity contribution in [2.24, 2.45) is 11.8 Å². The Labute approximate surface area is 151 Å². The molecule has 0 radical (unpaired) electrons. The average Bonchev–Trinajstić information content (AvgIpc) is 2.61. The molecule has 0 aromatic heterocycles. The van der Waals surface area contributed by atoms with Crippen LogP contribution in [0.1, 0.15) is 56.6 Å². The molecule has 2 amide bonds. The minimum Gasteiger partial charge on any atom is -0.338 e. The topological polar surface area (TPSA) is 64.9 Å². The Morgan fingerprint density at radius 1 is 1.36 bits per heavy atom. The van der Waals surface area contributed by atoms with Gasteiger partial charge in [0.05, 0.1) is 6.07 Å². The van der Waals surface area contributed by atoms with Crippen LogP contribution in [0.4, 0.5) is 10.5 Å². The highest BCUT2D eigenvalue weighted by molar-refractivity contribution is 5.91. The number of carbonyl (C=O) groups excluding carboxylic acids is 1. The van der Waals surface area contributed by atoms with Gasteiger partial charge in [-0.2, -0.15) is 5.26 Å². The van der Waals surface area contributed by atoms with Gasteiger partial charge in [-0.3, -0.25) is 0 Å². The lowest BCUT2D eigenvalue weighted by Crippen LogP contribution is -2.34. The normalized spacial score (nSPS) is 19.9. The first-order valence-electron chi connectivity index (χ1n) is 9.22. The third kappa shape index (κ3) is 5.35. The highest BCUT2D eigenvalue weighted by Gasteiger charge is 2.21. The van der Waals surface area contributed by atoms with Crippen molar-refractivity contribution in [1.29, 1.82) is 5.26 Å². The number of benzene rings is 1. The lowest BCUT2D eigenvalue weighted by Gasteiger charge is -2.25. The first-order chi connectivity index (χ1) is 12.0. The number of anilines is 1. The van der Waals surface area contributed by atoms with Crippen molar-refractivity contribution in [2.45, 2.75) is 51.9 Å². The molecule has 0 atom stereocenters. The SMILES string of the molecule is C=CCc1cccc(C(C)C)c1NC(=O)NCC1CCC(C#N)CC1. The average molecular weight is 339 g/mol. The summed E-state index contributed by atoms with van der Waals surface area (Å²) >= 11 is 0. The smallest absolute Gasteiger partial charge is 0.319 e. The molecule has 0 bridgehead atoms. The summed E-state index contributed by atoms with van der Waals surface area (Å²) in [4.78, 5) is 12.4. The second-order valence-electron chi connectivity index (χ2n) is 7.21. The third-order valence-corrected chi connectivity index (χ3v) is 4.99. The highest BCUT2D eigenvalue weighted by Crippen LogP contribution is 2.29. The first kappa shape index (κ1) is 19.1. The molecule has 0 unspecified atom stereocenters. The molecule has 2 rings (SSSR count). The fourth-order valence-corrected chi connectivity index (χ4v) is 3.47. The Morgan fingerprint density at radius 3 is 2.68 bits per heavy atom. The van der Waals surface area contributed by atoms with E-state index in [-0.39, 0.29) is 11.9 Å². The molecule has 0 aliphatic heterocycles. The van der Waals surface area contributed by atoms with Crippen molar-refractivity contribution in [3.8, 4) is 6.07 Å². The molecule has 4 nitrogen and oxygen atoms in total. The maximum atomic E-state index is 12.4. The van der Waals surface area contributed by atoms with Crippen molar-refractivity contribution in [2.75, 3.05) is 11.9 Å². The van der Waals surface area contributed by atoms with Gasteiger partial charge in [-0.15, -0.1) is 6.58 Å². The number of carbonyl (C=O) groups is 1. The molecule has 0 saturated heterocycles. The van der Waals surface area contributed by atoms with E-state index in [2.05, 4.69) is 43.2 Å². The third-order valence-electron chi connectivity index (χ3n) is 4.99. The Bertz CT molecular complexity index is 637. The van der Waals surface area contributed by atoms with Crippen LogP contribution in [-0.2, 0) is 6.42 Å². The van der Waals surface area contributed by atoms with E-state index in [1.165, 1.54) is 0 Å². The van der Waals surface area contributed by atoms with Crippen molar-refractivity contribution < 1.29 is 4.79 Å². The fourth-order valence-electron chi connectivity index (χ4n) is 3.47. The summed E-state index contributed by atoms with van der Waals surface area (Å²) in [5.74, 6) is 1.01. The zero-order chi connectivity index (χ0) is 18.2. The van der Waals surface area contributed by atoms with E-state index in [0.29, 0.717) is 18.4 Å². The maximum absolute atomic E-state index is 12.4. The molecule has 0 heterocycles. The monoisotopic (exact) mass is 339 g/mol. The number of nitrogens with one attached hydrogen (secondary N) is 2. The number of nitriles is 1. The van der Waals surface area contributed by atoms with E-state index in [4.69, 9.17) is 5.26 Å². The Morgan fingerprint density at radius 2 is 2.08 bits per heavy atom. The first-order valence-corrected chi connectivity index (χ1v) is 9.22. The molecule has 25 heavy (non-hydrogen) atoms. The number of hydrogen-bond donors (Lipinski definition) is 2. The molecule has 1 aliphatic carbocycles. The van der Waals surface area contributed by atoms with E-state index >= 15 is 0 Å². The molecule has 1 aromatic rings. The number of para-hydroxylation sites is 1. The van der Waals surface area contributed by atoms with Crippen LogP contribution in [0.3, 0.4) is 0 Å². The number of allylic oxidation sites excluding steroid dienone is 1. The second-order valence-corrected chi connectivity index (χ2v) is 7.21. The number of hydrogen-bond acceptors (Lipinski definition) is 2.